The van der Waals surface area contributed by atoms with Crippen LogP contribution in [-0.2, 0) is 9.59 Å². The monoisotopic (exact) mass is 258 g/mol. The highest BCUT2D eigenvalue weighted by molar-refractivity contribution is 6.07. The van der Waals surface area contributed by atoms with E-state index < -0.39 is 6.04 Å². The maximum Gasteiger partial charge on any atom is 0.252 e. The number of nitrogens with zero attached hydrogens (tertiary/aromatic N) is 1. The molecule has 1 aromatic carbocycles. The summed E-state index contributed by atoms with van der Waals surface area (Å²) in [5, 5.41) is 3.20. The Hall–Kier alpha value is -1.84. The van der Waals surface area contributed by atoms with Crippen LogP contribution in [0.25, 0.3) is 0 Å². The van der Waals surface area contributed by atoms with Gasteiger partial charge < -0.3 is 5.32 Å². The fourth-order valence-electron chi connectivity index (χ4n) is 2.74. The topological polar surface area (TPSA) is 49.4 Å². The Bertz CT molecular complexity index is 529. The number of anilines is 1. The van der Waals surface area contributed by atoms with Gasteiger partial charge in [-0.3, -0.25) is 14.5 Å². The molecule has 2 aliphatic rings. The van der Waals surface area contributed by atoms with E-state index in [1.807, 2.05) is 26.0 Å². The lowest BCUT2D eigenvalue weighted by Crippen LogP contribution is -2.36. The first kappa shape index (κ1) is 12.2. The lowest BCUT2D eigenvalue weighted by Gasteiger charge is -2.15. The van der Waals surface area contributed by atoms with Crippen molar-refractivity contribution in [3.05, 3.63) is 29.3 Å². The molecular weight excluding hydrogens is 240 g/mol. The van der Waals surface area contributed by atoms with Gasteiger partial charge in [-0.15, -0.1) is 0 Å². The number of amides is 2. The van der Waals surface area contributed by atoms with E-state index in [-0.39, 0.29) is 24.3 Å². The number of hydrogen-bond donors (Lipinski definition) is 1. The SMILES string of the molecule is Cc1cc(C)cc(N[C@H]2CC(=O)N(C3CC3)C2=O)c1. The molecule has 0 unspecified atom stereocenters. The summed E-state index contributed by atoms with van der Waals surface area (Å²) in [6.45, 7) is 4.05. The smallest absolute Gasteiger partial charge is 0.252 e. The van der Waals surface area contributed by atoms with Crippen molar-refractivity contribution in [1.29, 1.82) is 0 Å². The summed E-state index contributed by atoms with van der Waals surface area (Å²) < 4.78 is 0. The second kappa shape index (κ2) is 4.37. The predicted molar refractivity (Wildman–Crippen MR) is 72.8 cm³/mol. The molecule has 1 N–H and O–H groups in total. The first-order chi connectivity index (χ1) is 9.04. The fraction of sp³-hybridized carbons (Fsp3) is 0.467. The van der Waals surface area contributed by atoms with Crippen molar-refractivity contribution in [2.24, 2.45) is 0 Å². The number of imide groups is 1. The van der Waals surface area contributed by atoms with Crippen LogP contribution in [0.2, 0.25) is 0 Å². The third kappa shape index (κ3) is 2.35. The molecule has 3 rings (SSSR count). The zero-order valence-corrected chi connectivity index (χ0v) is 11.3. The first-order valence-corrected chi connectivity index (χ1v) is 6.75. The zero-order valence-electron chi connectivity index (χ0n) is 11.3. The molecule has 0 bridgehead atoms. The largest absolute Gasteiger partial charge is 0.373 e. The van der Waals surface area contributed by atoms with Crippen LogP contribution in [0.4, 0.5) is 5.69 Å². The highest BCUT2D eigenvalue weighted by Gasteiger charge is 2.46. The van der Waals surface area contributed by atoms with E-state index in [0.29, 0.717) is 0 Å². The maximum atomic E-state index is 12.2. The molecular formula is C15H18N2O2. The normalized spacial score (nSPS) is 23.1. The molecule has 2 amide bonds. The summed E-state index contributed by atoms with van der Waals surface area (Å²) in [5.74, 6) is -0.0963. The van der Waals surface area contributed by atoms with Crippen LogP contribution in [0, 0.1) is 13.8 Å². The summed E-state index contributed by atoms with van der Waals surface area (Å²) in [5.41, 5.74) is 3.22. The molecule has 1 saturated heterocycles. The Morgan fingerprint density at radius 3 is 2.32 bits per heavy atom. The highest BCUT2D eigenvalue weighted by Crippen LogP contribution is 2.32. The molecule has 0 radical (unpaired) electrons. The van der Waals surface area contributed by atoms with Gasteiger partial charge in [0.15, 0.2) is 0 Å². The van der Waals surface area contributed by atoms with E-state index in [0.717, 1.165) is 29.7 Å². The molecule has 1 atom stereocenters. The van der Waals surface area contributed by atoms with Crippen molar-refractivity contribution in [3.63, 3.8) is 0 Å². The minimum absolute atomic E-state index is 0.0330. The molecule has 1 aromatic rings. The van der Waals surface area contributed by atoms with E-state index in [1.165, 1.54) is 4.90 Å². The molecule has 19 heavy (non-hydrogen) atoms. The molecule has 2 fully saturated rings. The minimum Gasteiger partial charge on any atom is -0.373 e. The lowest BCUT2D eigenvalue weighted by molar-refractivity contribution is -0.139. The number of likely N-dealkylation sites (tertiary alicyclic amines) is 1. The summed E-state index contributed by atoms with van der Waals surface area (Å²) >= 11 is 0. The number of nitrogens with one attached hydrogen (secondary N) is 1. The van der Waals surface area contributed by atoms with E-state index >= 15 is 0 Å². The third-order valence-electron chi connectivity index (χ3n) is 3.66. The molecule has 4 heteroatoms. The van der Waals surface area contributed by atoms with E-state index in [9.17, 15) is 9.59 Å². The van der Waals surface area contributed by atoms with E-state index in [1.54, 1.807) is 0 Å². The number of hydrogen-bond acceptors (Lipinski definition) is 3. The fourth-order valence-corrected chi connectivity index (χ4v) is 2.74. The molecule has 100 valence electrons. The molecule has 1 aliphatic carbocycles. The van der Waals surface area contributed by atoms with Gasteiger partial charge in [-0.2, -0.15) is 0 Å². The summed E-state index contributed by atoms with van der Waals surface area (Å²) in [7, 11) is 0. The van der Waals surface area contributed by atoms with Crippen LogP contribution < -0.4 is 5.32 Å². The minimum atomic E-state index is -0.394. The number of carbonyl (C=O) groups is 2. The molecule has 0 spiro atoms. The van der Waals surface area contributed by atoms with Crippen molar-refractivity contribution in [3.8, 4) is 0 Å². The van der Waals surface area contributed by atoms with Crippen LogP contribution in [0.15, 0.2) is 18.2 Å². The van der Waals surface area contributed by atoms with Crippen LogP contribution >= 0.6 is 0 Å². The van der Waals surface area contributed by atoms with Crippen molar-refractivity contribution in [2.45, 2.75) is 45.2 Å². The van der Waals surface area contributed by atoms with Crippen molar-refractivity contribution in [2.75, 3.05) is 5.32 Å². The summed E-state index contributed by atoms with van der Waals surface area (Å²) in [6.07, 6.45) is 2.21. The van der Waals surface area contributed by atoms with Crippen molar-refractivity contribution < 1.29 is 9.59 Å². The summed E-state index contributed by atoms with van der Waals surface area (Å²) in [4.78, 5) is 25.5. The van der Waals surface area contributed by atoms with Gasteiger partial charge in [0.2, 0.25) is 5.91 Å². The van der Waals surface area contributed by atoms with Gasteiger partial charge in [-0.25, -0.2) is 0 Å². The second-order valence-electron chi connectivity index (χ2n) is 5.61. The standard InChI is InChI=1S/C15H18N2O2/c1-9-5-10(2)7-11(6-9)16-13-8-14(18)17(15(13)19)12-3-4-12/h5-7,12-13,16H,3-4,8H2,1-2H3/t13-/m0/s1. The predicted octanol–water partition coefficient (Wildman–Crippen LogP) is 2.01. The van der Waals surface area contributed by atoms with Crippen LogP contribution in [-0.4, -0.2) is 28.8 Å². The van der Waals surface area contributed by atoms with Crippen molar-refractivity contribution >= 4 is 17.5 Å². The maximum absolute atomic E-state index is 12.2. The zero-order chi connectivity index (χ0) is 13.6. The van der Waals surface area contributed by atoms with E-state index in [2.05, 4.69) is 11.4 Å². The second-order valence-corrected chi connectivity index (χ2v) is 5.61. The number of rotatable bonds is 3. The number of aryl methyl sites for hydroxylation is 2. The first-order valence-electron chi connectivity index (χ1n) is 6.75. The van der Waals surface area contributed by atoms with Crippen LogP contribution in [0.3, 0.4) is 0 Å². The van der Waals surface area contributed by atoms with Gasteiger partial charge in [0, 0.05) is 11.7 Å². The number of benzene rings is 1. The van der Waals surface area contributed by atoms with Gasteiger partial charge in [-0.1, -0.05) is 6.07 Å². The average molecular weight is 258 g/mol. The van der Waals surface area contributed by atoms with Crippen LogP contribution in [0.5, 0.6) is 0 Å². The Labute approximate surface area is 112 Å². The van der Waals surface area contributed by atoms with Gasteiger partial charge in [0.1, 0.15) is 6.04 Å². The average Bonchev–Trinajstić information content (AvgIpc) is 3.07. The lowest BCUT2D eigenvalue weighted by atomic mass is 10.1. The Kier molecular flexibility index (Phi) is 2.81. The molecule has 1 heterocycles. The van der Waals surface area contributed by atoms with Crippen molar-refractivity contribution in [1.82, 2.24) is 4.90 Å². The van der Waals surface area contributed by atoms with Gasteiger partial charge in [0.25, 0.3) is 5.91 Å². The Morgan fingerprint density at radius 2 is 1.74 bits per heavy atom. The van der Waals surface area contributed by atoms with Gasteiger partial charge in [0.05, 0.1) is 6.42 Å². The Balaban J connectivity index is 1.76. The highest BCUT2D eigenvalue weighted by atomic mass is 16.2. The van der Waals surface area contributed by atoms with Crippen LogP contribution in [0.1, 0.15) is 30.4 Å². The molecule has 1 saturated carbocycles. The third-order valence-corrected chi connectivity index (χ3v) is 3.66. The summed E-state index contributed by atoms with van der Waals surface area (Å²) in [6, 6.07) is 5.87. The molecule has 4 nitrogen and oxygen atoms in total. The molecule has 1 aliphatic heterocycles. The Morgan fingerprint density at radius 1 is 1.11 bits per heavy atom. The van der Waals surface area contributed by atoms with Gasteiger partial charge in [-0.05, 0) is 49.9 Å². The van der Waals surface area contributed by atoms with E-state index in [4.69, 9.17) is 0 Å². The number of carbonyl (C=O) groups excluding carboxylic acids is 2. The quantitative estimate of drug-likeness (QED) is 0.844. The molecule has 0 aromatic heterocycles. The van der Waals surface area contributed by atoms with Gasteiger partial charge >= 0.3 is 0 Å².